The molecule has 2 aliphatic carbocycles. The van der Waals surface area contributed by atoms with Crippen LogP contribution in [0, 0.1) is 17.2 Å². The van der Waals surface area contributed by atoms with E-state index in [2.05, 4.69) is 73.3 Å². The van der Waals surface area contributed by atoms with Crippen molar-refractivity contribution in [3.63, 3.8) is 0 Å². The van der Waals surface area contributed by atoms with Crippen LogP contribution in [0.2, 0.25) is 0 Å². The SMILES string of the molecule is CCCCN1CCC(c2c(C3CCC3)oc3ccc(C(CCC)=C(c4cccc5c(C#N)cccc45)C4CCC4)cc23)CC1. The molecule has 1 aliphatic heterocycles. The monoisotopic (exact) mass is 584 g/mol. The van der Waals surface area contributed by atoms with E-state index < -0.39 is 0 Å². The molecule has 0 bridgehead atoms. The summed E-state index contributed by atoms with van der Waals surface area (Å²) in [6.45, 7) is 8.28. The van der Waals surface area contributed by atoms with E-state index in [0.29, 0.717) is 17.8 Å². The molecule has 0 amide bonds. The first-order chi connectivity index (χ1) is 21.7. The number of fused-ring (bicyclic) bond motifs is 2. The minimum absolute atomic E-state index is 0.574. The minimum atomic E-state index is 0.574. The third-order valence-corrected chi connectivity index (χ3v) is 11.1. The number of likely N-dealkylation sites (tertiary alicyclic amines) is 1. The van der Waals surface area contributed by atoms with Crippen molar-refractivity contribution in [2.75, 3.05) is 19.6 Å². The van der Waals surface area contributed by atoms with Crippen molar-refractivity contribution in [3.8, 4) is 6.07 Å². The van der Waals surface area contributed by atoms with Crippen LogP contribution < -0.4 is 0 Å². The summed E-state index contributed by atoms with van der Waals surface area (Å²) in [7, 11) is 0. The molecule has 1 saturated heterocycles. The van der Waals surface area contributed by atoms with Gasteiger partial charge in [0.25, 0.3) is 0 Å². The Morgan fingerprint density at radius 1 is 0.841 bits per heavy atom. The molecule has 228 valence electrons. The van der Waals surface area contributed by atoms with Gasteiger partial charge in [-0.1, -0.05) is 75.9 Å². The Labute approximate surface area is 263 Å². The van der Waals surface area contributed by atoms with E-state index in [1.807, 2.05) is 6.07 Å². The molecule has 0 spiro atoms. The molecule has 3 aromatic carbocycles. The third kappa shape index (κ3) is 5.41. The van der Waals surface area contributed by atoms with Gasteiger partial charge in [-0.25, -0.2) is 0 Å². The first-order valence-electron chi connectivity index (χ1n) is 17.6. The second-order valence-electron chi connectivity index (χ2n) is 13.8. The number of hydrogen-bond acceptors (Lipinski definition) is 3. The van der Waals surface area contributed by atoms with E-state index in [0.717, 1.165) is 29.4 Å². The highest BCUT2D eigenvalue weighted by Gasteiger charge is 2.33. The lowest BCUT2D eigenvalue weighted by Gasteiger charge is -2.33. The molecule has 44 heavy (non-hydrogen) atoms. The highest BCUT2D eigenvalue weighted by Crippen LogP contribution is 2.49. The van der Waals surface area contributed by atoms with Crippen LogP contribution in [0.5, 0.6) is 0 Å². The van der Waals surface area contributed by atoms with Crippen molar-refractivity contribution in [2.24, 2.45) is 5.92 Å². The zero-order valence-corrected chi connectivity index (χ0v) is 26.8. The maximum atomic E-state index is 9.88. The van der Waals surface area contributed by atoms with Crippen molar-refractivity contribution in [2.45, 2.75) is 103 Å². The van der Waals surface area contributed by atoms with Gasteiger partial charge in [0.2, 0.25) is 0 Å². The molecular weight excluding hydrogens is 536 g/mol. The number of furan rings is 1. The molecule has 0 radical (unpaired) electrons. The van der Waals surface area contributed by atoms with Crippen LogP contribution in [0.15, 0.2) is 59.0 Å². The predicted octanol–water partition coefficient (Wildman–Crippen LogP) is 11.2. The summed E-state index contributed by atoms with van der Waals surface area (Å²) >= 11 is 0. The van der Waals surface area contributed by atoms with Gasteiger partial charge in [-0.2, -0.15) is 5.26 Å². The smallest absolute Gasteiger partial charge is 0.134 e. The summed E-state index contributed by atoms with van der Waals surface area (Å²) in [5.41, 5.74) is 9.12. The zero-order chi connectivity index (χ0) is 30.0. The Morgan fingerprint density at radius 2 is 1.61 bits per heavy atom. The van der Waals surface area contributed by atoms with Crippen LogP contribution >= 0.6 is 0 Å². The molecular formula is C41H48N2O. The molecule has 3 nitrogen and oxygen atoms in total. The summed E-state index contributed by atoms with van der Waals surface area (Å²) in [4.78, 5) is 2.69. The van der Waals surface area contributed by atoms with E-state index in [1.54, 1.807) is 5.56 Å². The van der Waals surface area contributed by atoms with Gasteiger partial charge in [0.15, 0.2) is 0 Å². The molecule has 2 saturated carbocycles. The fourth-order valence-corrected chi connectivity index (χ4v) is 8.20. The van der Waals surface area contributed by atoms with Gasteiger partial charge in [0.1, 0.15) is 11.3 Å². The maximum absolute atomic E-state index is 9.88. The summed E-state index contributed by atoms with van der Waals surface area (Å²) < 4.78 is 6.79. The highest BCUT2D eigenvalue weighted by molar-refractivity contribution is 6.04. The Kier molecular flexibility index (Phi) is 8.64. The van der Waals surface area contributed by atoms with Crippen LogP contribution in [-0.4, -0.2) is 24.5 Å². The summed E-state index contributed by atoms with van der Waals surface area (Å²) in [6.07, 6.45) is 14.9. The van der Waals surface area contributed by atoms with E-state index in [9.17, 15) is 5.26 Å². The average molecular weight is 585 g/mol. The molecule has 7 rings (SSSR count). The number of nitrogens with zero attached hydrogens (tertiary/aromatic N) is 2. The molecule has 2 heterocycles. The maximum Gasteiger partial charge on any atom is 0.134 e. The van der Waals surface area contributed by atoms with E-state index >= 15 is 0 Å². The van der Waals surface area contributed by atoms with Gasteiger partial charge < -0.3 is 9.32 Å². The van der Waals surface area contributed by atoms with Crippen molar-refractivity contribution in [3.05, 3.63) is 82.6 Å². The molecule has 4 aromatic rings. The van der Waals surface area contributed by atoms with Crippen LogP contribution in [0.1, 0.15) is 131 Å². The second kappa shape index (κ2) is 12.9. The highest BCUT2D eigenvalue weighted by atomic mass is 16.3. The summed E-state index contributed by atoms with van der Waals surface area (Å²) in [5, 5.41) is 13.5. The number of benzene rings is 3. The first kappa shape index (κ1) is 29.4. The molecule has 0 N–H and O–H groups in total. The summed E-state index contributed by atoms with van der Waals surface area (Å²) in [6, 6.07) is 22.4. The fraction of sp³-hybridized carbons (Fsp3) is 0.488. The Hall–Kier alpha value is -3.35. The Bertz CT molecular complexity index is 1700. The predicted molar refractivity (Wildman–Crippen MR) is 184 cm³/mol. The summed E-state index contributed by atoms with van der Waals surface area (Å²) in [5.74, 6) is 3.08. The first-order valence-corrected chi connectivity index (χ1v) is 17.6. The topological polar surface area (TPSA) is 40.2 Å². The van der Waals surface area contributed by atoms with Gasteiger partial charge >= 0.3 is 0 Å². The molecule has 0 atom stereocenters. The molecule has 3 aliphatic rings. The largest absolute Gasteiger partial charge is 0.460 e. The van der Waals surface area contributed by atoms with Crippen molar-refractivity contribution < 1.29 is 4.42 Å². The normalized spacial score (nSPS) is 19.1. The number of hydrogen-bond donors (Lipinski definition) is 0. The number of piperidine rings is 1. The number of nitriles is 1. The number of unbranched alkanes of at least 4 members (excludes halogenated alkanes) is 1. The van der Waals surface area contributed by atoms with Gasteiger partial charge in [-0.05, 0) is 129 Å². The van der Waals surface area contributed by atoms with Crippen LogP contribution in [0.4, 0.5) is 0 Å². The fourth-order valence-electron chi connectivity index (χ4n) is 8.20. The van der Waals surface area contributed by atoms with Gasteiger partial charge in [-0.3, -0.25) is 0 Å². The minimum Gasteiger partial charge on any atom is -0.460 e. The van der Waals surface area contributed by atoms with Crippen molar-refractivity contribution in [1.82, 2.24) is 4.90 Å². The number of rotatable bonds is 10. The van der Waals surface area contributed by atoms with Crippen molar-refractivity contribution >= 4 is 32.9 Å². The third-order valence-electron chi connectivity index (χ3n) is 11.1. The van der Waals surface area contributed by atoms with E-state index in [-0.39, 0.29) is 0 Å². The quantitative estimate of drug-likeness (QED) is 0.174. The molecule has 3 heteroatoms. The molecule has 1 aromatic heterocycles. The van der Waals surface area contributed by atoms with Crippen LogP contribution in [-0.2, 0) is 0 Å². The second-order valence-corrected chi connectivity index (χ2v) is 13.8. The lowest BCUT2D eigenvalue weighted by Crippen LogP contribution is -2.34. The van der Waals surface area contributed by atoms with Gasteiger partial charge in [-0.15, -0.1) is 0 Å². The van der Waals surface area contributed by atoms with Crippen LogP contribution in [0.25, 0.3) is 32.9 Å². The Balaban J connectivity index is 1.37. The van der Waals surface area contributed by atoms with Gasteiger partial charge in [0.05, 0.1) is 11.6 Å². The number of allylic oxidation sites excluding steroid dienone is 2. The van der Waals surface area contributed by atoms with Crippen LogP contribution in [0.3, 0.4) is 0 Å². The zero-order valence-electron chi connectivity index (χ0n) is 26.8. The molecule has 0 unspecified atom stereocenters. The van der Waals surface area contributed by atoms with Crippen molar-refractivity contribution in [1.29, 1.82) is 5.26 Å². The average Bonchev–Trinajstić information content (AvgIpc) is 3.37. The molecule has 3 fully saturated rings. The lowest BCUT2D eigenvalue weighted by molar-refractivity contribution is 0.208. The standard InChI is InChI=1S/C41H48N2O/c1-3-5-23-43-24-21-29(22-25-43)40-37-26-31(19-20-38(37)44-41(40)30-13-7-14-30)34(10-4-2)39(28-11-6-12-28)36-18-9-16-33-32(27-42)15-8-17-35(33)36/h8-9,15-20,26,28-30H,3-7,10-14,21-25H2,1-2H3. The lowest BCUT2D eigenvalue weighted by atomic mass is 9.72. The van der Waals surface area contributed by atoms with E-state index in [1.165, 1.54) is 123 Å². The van der Waals surface area contributed by atoms with E-state index in [4.69, 9.17) is 4.42 Å². The Morgan fingerprint density at radius 3 is 2.30 bits per heavy atom. The van der Waals surface area contributed by atoms with Gasteiger partial charge in [0, 0.05) is 22.3 Å².